The second-order valence-corrected chi connectivity index (χ2v) is 5.29. The minimum absolute atomic E-state index is 0.161. The number of carbonyl (C=O) groups is 1. The lowest BCUT2D eigenvalue weighted by Crippen LogP contribution is -2.38. The Morgan fingerprint density at radius 2 is 2.50 bits per heavy atom. The van der Waals surface area contributed by atoms with Gasteiger partial charge in [0.1, 0.15) is 0 Å². The molecule has 16 heavy (non-hydrogen) atoms. The van der Waals surface area contributed by atoms with Crippen molar-refractivity contribution in [3.63, 3.8) is 0 Å². The number of hydrogen-bond donors (Lipinski definition) is 2. The van der Waals surface area contributed by atoms with Gasteiger partial charge in [-0.3, -0.25) is 4.79 Å². The number of nitrogens with one attached hydrogen (secondary N) is 1. The van der Waals surface area contributed by atoms with Crippen molar-refractivity contribution >= 4 is 22.4 Å². The first-order valence-electron chi connectivity index (χ1n) is 5.72. The number of nitrogen functional groups attached to an aromatic ring is 1. The van der Waals surface area contributed by atoms with E-state index in [0.717, 1.165) is 31.4 Å². The average molecular weight is 239 g/mol. The number of carbonyl (C=O) groups excluding carboxylic acids is 1. The molecule has 1 aromatic rings. The normalized spacial score (nSPS) is 19.2. The summed E-state index contributed by atoms with van der Waals surface area (Å²) in [6.07, 6.45) is 4.32. The number of nitrogens with zero attached hydrogens (tertiary/aromatic N) is 1. The molecule has 0 spiro atoms. The van der Waals surface area contributed by atoms with Gasteiger partial charge in [0, 0.05) is 23.8 Å². The van der Waals surface area contributed by atoms with Gasteiger partial charge < -0.3 is 11.1 Å². The molecule has 1 aliphatic rings. The molecule has 0 radical (unpaired) electrons. The number of rotatable bonds is 3. The molecule has 3 N–H and O–H groups in total. The predicted octanol–water partition coefficient (Wildman–Crippen LogP) is 1.50. The number of fused-ring (bicyclic) bond motifs is 1. The number of anilines is 1. The van der Waals surface area contributed by atoms with E-state index in [9.17, 15) is 4.79 Å². The van der Waals surface area contributed by atoms with Crippen molar-refractivity contribution in [1.29, 1.82) is 0 Å². The van der Waals surface area contributed by atoms with Crippen LogP contribution in [-0.2, 0) is 17.6 Å². The van der Waals surface area contributed by atoms with Gasteiger partial charge in [0.25, 0.3) is 0 Å². The third kappa shape index (κ3) is 2.52. The van der Waals surface area contributed by atoms with Crippen LogP contribution in [0.15, 0.2) is 0 Å². The average Bonchev–Trinajstić information content (AvgIpc) is 2.57. The summed E-state index contributed by atoms with van der Waals surface area (Å²) in [5.41, 5.74) is 6.80. The van der Waals surface area contributed by atoms with Gasteiger partial charge in [-0.2, -0.15) is 0 Å². The zero-order chi connectivity index (χ0) is 11.5. The zero-order valence-electron chi connectivity index (χ0n) is 9.45. The van der Waals surface area contributed by atoms with Crippen LogP contribution < -0.4 is 11.1 Å². The summed E-state index contributed by atoms with van der Waals surface area (Å²) in [5, 5.41) is 3.71. The topological polar surface area (TPSA) is 68.0 Å². The van der Waals surface area contributed by atoms with E-state index in [1.54, 1.807) is 11.3 Å². The molecule has 1 aromatic heterocycles. The number of amides is 1. The maximum atomic E-state index is 11.5. The third-order valence-corrected chi connectivity index (χ3v) is 3.75. The van der Waals surface area contributed by atoms with E-state index >= 15 is 0 Å². The Bertz CT molecular complexity index is 389. The predicted molar refractivity (Wildman–Crippen MR) is 65.4 cm³/mol. The van der Waals surface area contributed by atoms with Crippen LogP contribution in [0.25, 0.3) is 0 Å². The summed E-state index contributed by atoms with van der Waals surface area (Å²) in [6, 6.07) is 0.270. The van der Waals surface area contributed by atoms with Crippen LogP contribution in [0.5, 0.6) is 0 Å². The summed E-state index contributed by atoms with van der Waals surface area (Å²) < 4.78 is 0. The number of hydrogen-bond acceptors (Lipinski definition) is 4. The standard InChI is InChI=1S/C11H17N3OS/c1-2-3-10(15)13-7-4-5-8-9(6-7)16-11(12)14-8/h7H,2-6H2,1H3,(H2,12,14)(H,13,15). The van der Waals surface area contributed by atoms with E-state index in [4.69, 9.17) is 5.73 Å². The Morgan fingerprint density at radius 3 is 3.25 bits per heavy atom. The summed E-state index contributed by atoms with van der Waals surface area (Å²) >= 11 is 1.55. The Balaban J connectivity index is 1.94. The molecule has 88 valence electrons. The van der Waals surface area contributed by atoms with Gasteiger partial charge in [-0.25, -0.2) is 4.98 Å². The van der Waals surface area contributed by atoms with Crippen molar-refractivity contribution in [3.05, 3.63) is 10.6 Å². The minimum Gasteiger partial charge on any atom is -0.375 e. The first-order valence-corrected chi connectivity index (χ1v) is 6.54. The summed E-state index contributed by atoms with van der Waals surface area (Å²) in [4.78, 5) is 17.0. The van der Waals surface area contributed by atoms with E-state index in [-0.39, 0.29) is 11.9 Å². The Hall–Kier alpha value is -1.10. The molecule has 0 aromatic carbocycles. The highest BCUT2D eigenvalue weighted by Gasteiger charge is 2.22. The zero-order valence-corrected chi connectivity index (χ0v) is 10.3. The number of nitrogens with two attached hydrogens (primary N) is 1. The molecule has 5 heteroatoms. The van der Waals surface area contributed by atoms with Gasteiger partial charge in [0.05, 0.1) is 5.69 Å². The molecule has 0 bridgehead atoms. The fraction of sp³-hybridized carbons (Fsp3) is 0.636. The molecule has 4 nitrogen and oxygen atoms in total. The largest absolute Gasteiger partial charge is 0.375 e. The molecule has 0 fully saturated rings. The highest BCUT2D eigenvalue weighted by molar-refractivity contribution is 7.15. The van der Waals surface area contributed by atoms with Gasteiger partial charge in [0.15, 0.2) is 5.13 Å². The van der Waals surface area contributed by atoms with Crippen LogP contribution in [0.1, 0.15) is 36.8 Å². The second kappa shape index (κ2) is 4.82. The van der Waals surface area contributed by atoms with E-state index in [0.29, 0.717) is 11.6 Å². The van der Waals surface area contributed by atoms with Crippen molar-refractivity contribution in [2.24, 2.45) is 0 Å². The maximum absolute atomic E-state index is 11.5. The van der Waals surface area contributed by atoms with Gasteiger partial charge >= 0.3 is 0 Å². The van der Waals surface area contributed by atoms with Crippen LogP contribution in [0.4, 0.5) is 5.13 Å². The molecule has 1 aliphatic carbocycles. The molecule has 0 saturated carbocycles. The molecule has 0 aliphatic heterocycles. The number of thiazole rings is 1. The minimum atomic E-state index is 0.161. The highest BCUT2D eigenvalue weighted by atomic mass is 32.1. The quantitative estimate of drug-likeness (QED) is 0.840. The van der Waals surface area contributed by atoms with Crippen LogP contribution in [0, 0.1) is 0 Å². The summed E-state index contributed by atoms with van der Waals surface area (Å²) in [5.74, 6) is 0.161. The van der Waals surface area contributed by atoms with Gasteiger partial charge in [0.2, 0.25) is 5.91 Å². The van der Waals surface area contributed by atoms with E-state index in [1.165, 1.54) is 4.88 Å². The smallest absolute Gasteiger partial charge is 0.220 e. The lowest BCUT2D eigenvalue weighted by atomic mass is 9.97. The first-order chi connectivity index (χ1) is 7.69. The molecule has 2 rings (SSSR count). The maximum Gasteiger partial charge on any atom is 0.220 e. The van der Waals surface area contributed by atoms with Gasteiger partial charge in [-0.15, -0.1) is 11.3 Å². The second-order valence-electron chi connectivity index (χ2n) is 4.18. The van der Waals surface area contributed by atoms with Crippen molar-refractivity contribution in [2.75, 3.05) is 5.73 Å². The van der Waals surface area contributed by atoms with Gasteiger partial charge in [-0.05, 0) is 19.3 Å². The van der Waals surface area contributed by atoms with Gasteiger partial charge in [-0.1, -0.05) is 6.92 Å². The van der Waals surface area contributed by atoms with Crippen LogP contribution >= 0.6 is 11.3 Å². The fourth-order valence-electron chi connectivity index (χ4n) is 2.05. The molecule has 1 atom stereocenters. The lowest BCUT2D eigenvalue weighted by Gasteiger charge is -2.22. The molecule has 0 saturated heterocycles. The first kappa shape index (κ1) is 11.4. The monoisotopic (exact) mass is 239 g/mol. The Morgan fingerprint density at radius 1 is 1.69 bits per heavy atom. The van der Waals surface area contributed by atoms with E-state index < -0.39 is 0 Å². The number of aromatic nitrogens is 1. The molecule has 1 heterocycles. The van der Waals surface area contributed by atoms with Crippen LogP contribution in [-0.4, -0.2) is 16.9 Å². The Kier molecular flexibility index (Phi) is 3.43. The van der Waals surface area contributed by atoms with Crippen LogP contribution in [0.3, 0.4) is 0 Å². The third-order valence-electron chi connectivity index (χ3n) is 2.80. The van der Waals surface area contributed by atoms with Crippen molar-refractivity contribution < 1.29 is 4.79 Å². The van der Waals surface area contributed by atoms with Crippen molar-refractivity contribution in [1.82, 2.24) is 10.3 Å². The number of aryl methyl sites for hydroxylation is 1. The summed E-state index contributed by atoms with van der Waals surface area (Å²) in [7, 11) is 0. The molecular weight excluding hydrogens is 222 g/mol. The SMILES string of the molecule is CCCC(=O)NC1CCc2nc(N)sc2C1. The molecule has 1 unspecified atom stereocenters. The van der Waals surface area contributed by atoms with Crippen molar-refractivity contribution in [2.45, 2.75) is 45.1 Å². The van der Waals surface area contributed by atoms with E-state index in [1.807, 2.05) is 6.92 Å². The molecular formula is C11H17N3OS. The highest BCUT2D eigenvalue weighted by Crippen LogP contribution is 2.28. The summed E-state index contributed by atoms with van der Waals surface area (Å²) in [6.45, 7) is 2.02. The molecule has 1 amide bonds. The fourth-order valence-corrected chi connectivity index (χ4v) is 3.00. The Labute approximate surface area is 99.3 Å². The van der Waals surface area contributed by atoms with E-state index in [2.05, 4.69) is 10.3 Å². The van der Waals surface area contributed by atoms with Crippen molar-refractivity contribution in [3.8, 4) is 0 Å². The van der Waals surface area contributed by atoms with Crippen LogP contribution in [0.2, 0.25) is 0 Å². The lowest BCUT2D eigenvalue weighted by molar-refractivity contribution is -0.121.